The Kier molecular flexibility index (Phi) is 5.20. The maximum Gasteiger partial charge on any atom is 0.411 e. The second-order valence-electron chi connectivity index (χ2n) is 2.26. The van der Waals surface area contributed by atoms with Gasteiger partial charge in [0.15, 0.2) is 0 Å². The first-order valence-electron chi connectivity index (χ1n) is 3.47. The molecule has 4 nitrogen and oxygen atoms in total. The van der Waals surface area contributed by atoms with Crippen LogP contribution in [0.4, 0.5) is 4.79 Å². The molecule has 0 saturated carbocycles. The fourth-order valence-corrected chi connectivity index (χ4v) is 0.519. The van der Waals surface area contributed by atoms with Gasteiger partial charge in [-0.05, 0) is 13.3 Å². The van der Waals surface area contributed by atoms with Crippen LogP contribution in [0.15, 0.2) is 12.8 Å². The van der Waals surface area contributed by atoms with Crippen molar-refractivity contribution in [1.29, 1.82) is 0 Å². The third kappa shape index (κ3) is 6.86. The molecular weight excluding hydrogens is 144 g/mol. The molecule has 0 aromatic heterocycles. The van der Waals surface area contributed by atoms with E-state index in [-0.39, 0.29) is 6.04 Å². The van der Waals surface area contributed by atoms with Crippen LogP contribution in [0.25, 0.3) is 0 Å². The zero-order valence-electron chi connectivity index (χ0n) is 6.67. The van der Waals surface area contributed by atoms with Crippen molar-refractivity contribution in [2.45, 2.75) is 19.4 Å². The van der Waals surface area contributed by atoms with Gasteiger partial charge in [0.2, 0.25) is 0 Å². The lowest BCUT2D eigenvalue weighted by molar-refractivity contribution is 0.185. The minimum absolute atomic E-state index is 0.0963. The summed E-state index contributed by atoms with van der Waals surface area (Å²) in [7, 11) is 0. The molecule has 0 fully saturated rings. The topological polar surface area (TPSA) is 64.3 Å². The third-order valence-corrected chi connectivity index (χ3v) is 1.06. The van der Waals surface area contributed by atoms with Crippen molar-refractivity contribution >= 4 is 6.09 Å². The van der Waals surface area contributed by atoms with Crippen molar-refractivity contribution in [2.24, 2.45) is 5.73 Å². The Morgan fingerprint density at radius 3 is 3.00 bits per heavy atom. The largest absolute Gasteiger partial charge is 0.419 e. The Morgan fingerprint density at radius 1 is 1.91 bits per heavy atom. The fourth-order valence-electron chi connectivity index (χ4n) is 0.519. The van der Waals surface area contributed by atoms with Gasteiger partial charge >= 0.3 is 6.09 Å². The third-order valence-electron chi connectivity index (χ3n) is 1.06. The molecule has 0 aliphatic heterocycles. The van der Waals surface area contributed by atoms with Gasteiger partial charge in [-0.25, -0.2) is 4.79 Å². The first-order chi connectivity index (χ1) is 5.16. The lowest BCUT2D eigenvalue weighted by Gasteiger charge is -2.05. The van der Waals surface area contributed by atoms with E-state index in [1.54, 1.807) is 0 Å². The normalized spacial score (nSPS) is 11.8. The second-order valence-corrected chi connectivity index (χ2v) is 2.26. The molecule has 0 rings (SSSR count). The van der Waals surface area contributed by atoms with E-state index in [0.717, 1.165) is 12.7 Å². The molecule has 1 atom stereocenters. The smallest absolute Gasteiger partial charge is 0.411 e. The number of hydrogen-bond donors (Lipinski definition) is 2. The summed E-state index contributed by atoms with van der Waals surface area (Å²) in [6.45, 7) is 5.64. The molecule has 0 bridgehead atoms. The maximum atomic E-state index is 10.6. The van der Waals surface area contributed by atoms with E-state index in [0.29, 0.717) is 6.54 Å². The molecule has 0 aliphatic rings. The number of nitrogens with two attached hydrogens (primary N) is 1. The van der Waals surface area contributed by atoms with Gasteiger partial charge < -0.3 is 15.8 Å². The molecule has 0 unspecified atom stereocenters. The number of rotatable bonds is 4. The van der Waals surface area contributed by atoms with Gasteiger partial charge in [0.05, 0.1) is 6.26 Å². The first-order valence-corrected chi connectivity index (χ1v) is 3.47. The summed E-state index contributed by atoms with van der Waals surface area (Å²) in [6, 6.07) is 0.0963. The summed E-state index contributed by atoms with van der Waals surface area (Å²) in [5, 5.41) is 2.50. The molecule has 0 spiro atoms. The van der Waals surface area contributed by atoms with Crippen LogP contribution in [0.5, 0.6) is 0 Å². The van der Waals surface area contributed by atoms with Crippen LogP contribution in [0, 0.1) is 0 Å². The number of alkyl carbamates (subject to hydrolysis) is 1. The van der Waals surface area contributed by atoms with E-state index in [1.807, 2.05) is 6.92 Å². The zero-order valence-corrected chi connectivity index (χ0v) is 6.67. The highest BCUT2D eigenvalue weighted by Gasteiger charge is 1.98. The summed E-state index contributed by atoms with van der Waals surface area (Å²) in [5.41, 5.74) is 5.44. The molecule has 64 valence electrons. The van der Waals surface area contributed by atoms with Gasteiger partial charge in [-0.3, -0.25) is 0 Å². The highest BCUT2D eigenvalue weighted by atomic mass is 16.5. The first kappa shape index (κ1) is 9.97. The molecule has 0 radical (unpaired) electrons. The Morgan fingerprint density at radius 2 is 2.55 bits per heavy atom. The summed E-state index contributed by atoms with van der Waals surface area (Å²) in [6.07, 6.45) is 1.34. The molecule has 3 N–H and O–H groups in total. The lowest BCUT2D eigenvalue weighted by atomic mass is 10.2. The Hall–Kier alpha value is -1.03. The van der Waals surface area contributed by atoms with Crippen LogP contribution in [0.2, 0.25) is 0 Å². The monoisotopic (exact) mass is 158 g/mol. The number of amides is 1. The highest BCUT2D eigenvalue weighted by molar-refractivity contribution is 5.67. The molecule has 0 saturated heterocycles. The van der Waals surface area contributed by atoms with E-state index < -0.39 is 6.09 Å². The second kappa shape index (κ2) is 5.73. The average Bonchev–Trinajstić information content (AvgIpc) is 1.87. The van der Waals surface area contributed by atoms with Crippen LogP contribution >= 0.6 is 0 Å². The van der Waals surface area contributed by atoms with Crippen molar-refractivity contribution in [3.05, 3.63) is 12.8 Å². The summed E-state index contributed by atoms with van der Waals surface area (Å²) >= 11 is 0. The SMILES string of the molecule is C=COC(=O)NCC[C@H](C)N. The number of ether oxygens (including phenoxy) is 1. The molecule has 11 heavy (non-hydrogen) atoms. The van der Waals surface area contributed by atoms with E-state index >= 15 is 0 Å². The fraction of sp³-hybridized carbons (Fsp3) is 0.571. The van der Waals surface area contributed by atoms with Crippen LogP contribution in [-0.4, -0.2) is 18.7 Å². The van der Waals surface area contributed by atoms with Gasteiger partial charge in [-0.2, -0.15) is 0 Å². The summed E-state index contributed by atoms with van der Waals surface area (Å²) < 4.78 is 4.40. The lowest BCUT2D eigenvalue weighted by Crippen LogP contribution is -2.28. The van der Waals surface area contributed by atoms with Crippen molar-refractivity contribution in [2.75, 3.05) is 6.54 Å². The number of hydrogen-bond acceptors (Lipinski definition) is 3. The quantitative estimate of drug-likeness (QED) is 0.588. The molecule has 0 heterocycles. The summed E-state index contributed by atoms with van der Waals surface area (Å²) in [4.78, 5) is 10.6. The van der Waals surface area contributed by atoms with Crippen molar-refractivity contribution in [3.8, 4) is 0 Å². The minimum Gasteiger partial charge on any atom is -0.419 e. The summed E-state index contributed by atoms with van der Waals surface area (Å²) in [5.74, 6) is 0. The standard InChI is InChI=1S/C7H14N2O2/c1-3-11-7(10)9-5-4-6(2)8/h3,6H,1,4-5,8H2,2H3,(H,9,10)/t6-/m0/s1. The minimum atomic E-state index is -0.486. The average molecular weight is 158 g/mol. The van der Waals surface area contributed by atoms with Crippen LogP contribution in [-0.2, 0) is 4.74 Å². The van der Waals surface area contributed by atoms with Crippen molar-refractivity contribution in [3.63, 3.8) is 0 Å². The predicted octanol–water partition coefficient (Wildman–Crippen LogP) is 0.593. The molecule has 4 heteroatoms. The van der Waals surface area contributed by atoms with E-state index in [2.05, 4.69) is 16.6 Å². The number of carbonyl (C=O) groups excluding carboxylic acids is 1. The molecule has 0 aliphatic carbocycles. The van der Waals surface area contributed by atoms with Gasteiger partial charge in [-0.1, -0.05) is 6.58 Å². The zero-order chi connectivity index (χ0) is 8.69. The highest BCUT2D eigenvalue weighted by Crippen LogP contribution is 1.83. The van der Waals surface area contributed by atoms with Crippen LogP contribution in [0.3, 0.4) is 0 Å². The molecule has 1 amide bonds. The Balaban J connectivity index is 3.24. The van der Waals surface area contributed by atoms with Gasteiger partial charge in [0.1, 0.15) is 0 Å². The Labute approximate surface area is 66.4 Å². The van der Waals surface area contributed by atoms with Crippen LogP contribution in [0.1, 0.15) is 13.3 Å². The molecule has 0 aromatic carbocycles. The van der Waals surface area contributed by atoms with E-state index in [1.165, 1.54) is 0 Å². The number of nitrogens with one attached hydrogen (secondary N) is 1. The molecule has 0 aromatic rings. The number of carbonyl (C=O) groups is 1. The van der Waals surface area contributed by atoms with Gasteiger partial charge in [0.25, 0.3) is 0 Å². The van der Waals surface area contributed by atoms with Crippen molar-refractivity contribution < 1.29 is 9.53 Å². The van der Waals surface area contributed by atoms with Crippen molar-refractivity contribution in [1.82, 2.24) is 5.32 Å². The van der Waals surface area contributed by atoms with E-state index in [9.17, 15) is 4.79 Å². The molecular formula is C7H14N2O2. The predicted molar refractivity (Wildman–Crippen MR) is 42.9 cm³/mol. The van der Waals surface area contributed by atoms with E-state index in [4.69, 9.17) is 5.73 Å². The van der Waals surface area contributed by atoms with Gasteiger partial charge in [0, 0.05) is 12.6 Å². The van der Waals surface area contributed by atoms with Gasteiger partial charge in [-0.15, -0.1) is 0 Å². The van der Waals surface area contributed by atoms with Crippen LogP contribution < -0.4 is 11.1 Å². The Bertz CT molecular complexity index is 134. The maximum absolute atomic E-state index is 10.6.